The van der Waals surface area contributed by atoms with Crippen LogP contribution >= 0.6 is 0 Å². The van der Waals surface area contributed by atoms with Crippen molar-refractivity contribution in [2.45, 2.75) is 69.4 Å². The second kappa shape index (κ2) is 15.0. The molecule has 2 aromatic carbocycles. The van der Waals surface area contributed by atoms with Crippen molar-refractivity contribution in [3.63, 3.8) is 0 Å². The molecule has 4 rings (SSSR count). The number of carbonyl (C=O) groups excluding carboxylic acids is 2. The average Bonchev–Trinajstić information content (AvgIpc) is 3.33. The molecule has 222 valence electrons. The number of fused-ring (bicyclic) bond motifs is 5. The summed E-state index contributed by atoms with van der Waals surface area (Å²) in [6.45, 7) is 2.94. The van der Waals surface area contributed by atoms with Crippen molar-refractivity contribution in [1.82, 2.24) is 15.5 Å². The first kappa shape index (κ1) is 30.6. The molecule has 0 saturated heterocycles. The number of aliphatic hydroxyl groups is 1. The maximum absolute atomic E-state index is 13.7. The van der Waals surface area contributed by atoms with Crippen molar-refractivity contribution < 1.29 is 28.9 Å². The van der Waals surface area contributed by atoms with Crippen LogP contribution in [0, 0.1) is 0 Å². The van der Waals surface area contributed by atoms with E-state index in [4.69, 9.17) is 14.2 Å². The molecule has 3 N–H and O–H groups in total. The van der Waals surface area contributed by atoms with Gasteiger partial charge in [-0.25, -0.2) is 4.79 Å². The molecule has 0 fully saturated rings. The summed E-state index contributed by atoms with van der Waals surface area (Å²) < 4.78 is 17.1. The zero-order chi connectivity index (χ0) is 29.2. The fourth-order valence-corrected chi connectivity index (χ4v) is 5.37. The lowest BCUT2D eigenvalue weighted by Gasteiger charge is -2.31. The number of rotatable bonds is 7. The molecule has 0 aromatic heterocycles. The normalized spacial score (nSPS) is 24.9. The van der Waals surface area contributed by atoms with E-state index in [0.717, 1.165) is 35.3 Å². The molecule has 2 aliphatic rings. The highest BCUT2D eigenvalue weighted by Crippen LogP contribution is 2.42. The van der Waals surface area contributed by atoms with Gasteiger partial charge in [0.2, 0.25) is 5.91 Å². The first-order valence-corrected chi connectivity index (χ1v) is 14.5. The number of methoxy groups -OCH3 is 1. The van der Waals surface area contributed by atoms with Gasteiger partial charge >= 0.3 is 6.09 Å². The quantitative estimate of drug-likeness (QED) is 0.343. The third-order valence-electron chi connectivity index (χ3n) is 7.83. The monoisotopic (exact) mass is 565 g/mol. The van der Waals surface area contributed by atoms with Gasteiger partial charge in [-0.3, -0.25) is 9.69 Å². The summed E-state index contributed by atoms with van der Waals surface area (Å²) in [7, 11) is 3.22. The molecule has 0 unspecified atom stereocenters. The van der Waals surface area contributed by atoms with Crippen LogP contribution in [0.15, 0.2) is 60.7 Å². The predicted molar refractivity (Wildman–Crippen MR) is 157 cm³/mol. The van der Waals surface area contributed by atoms with Gasteiger partial charge in [0.25, 0.3) is 0 Å². The number of hydrogen-bond donors (Lipinski definition) is 3. The zero-order valence-corrected chi connectivity index (χ0v) is 24.3. The molecule has 1 aliphatic heterocycles. The Bertz CT molecular complexity index is 1170. The van der Waals surface area contributed by atoms with Gasteiger partial charge in [-0.2, -0.15) is 0 Å². The molecule has 2 aromatic rings. The van der Waals surface area contributed by atoms with E-state index in [9.17, 15) is 14.7 Å². The zero-order valence-electron chi connectivity index (χ0n) is 24.3. The van der Waals surface area contributed by atoms with E-state index in [-0.39, 0.29) is 31.0 Å². The van der Waals surface area contributed by atoms with Gasteiger partial charge < -0.3 is 30.0 Å². The maximum Gasteiger partial charge on any atom is 0.410 e. The van der Waals surface area contributed by atoms with E-state index >= 15 is 0 Å². The third-order valence-corrected chi connectivity index (χ3v) is 7.83. The largest absolute Gasteiger partial charge is 0.497 e. The van der Waals surface area contributed by atoms with Crippen LogP contribution in [0.25, 0.3) is 0 Å². The van der Waals surface area contributed by atoms with Crippen LogP contribution in [0.2, 0.25) is 0 Å². The molecule has 2 bridgehead atoms. The van der Waals surface area contributed by atoms with Gasteiger partial charge in [0.15, 0.2) is 0 Å². The van der Waals surface area contributed by atoms with Gasteiger partial charge in [0.1, 0.15) is 11.8 Å². The standard InChI is InChI=1S/C32H43N3O6/c1-4-5-16-41-32(38)35(2)28-13-9-10-17-40-30-20-26(25-19-23(39-3)14-15-24(25)30)33-21-29(36)27(34-31(28)37)18-22-11-7-6-8-12-22/h6-12,14-15,19,26-30,33,36H,4-5,13,16-18,20-21H2,1-3H3,(H,34,37)/t26-,27-,28-,29+,30+/m0/s1. The Morgan fingerprint density at radius 3 is 2.71 bits per heavy atom. The fraction of sp³-hybridized carbons (Fsp3) is 0.500. The SMILES string of the molecule is CCCCOC(=O)N(C)[C@H]1CC=CCO[C@@H]2C[C@H](NC[C@@H](O)[C@H](Cc3ccccc3)NC1=O)c1cc(OC)ccc12. The highest BCUT2D eigenvalue weighted by Gasteiger charge is 2.34. The summed E-state index contributed by atoms with van der Waals surface area (Å²) >= 11 is 0. The van der Waals surface area contributed by atoms with Crippen LogP contribution in [0.4, 0.5) is 4.79 Å². The van der Waals surface area contributed by atoms with Crippen LogP contribution < -0.4 is 15.4 Å². The van der Waals surface area contributed by atoms with E-state index in [1.165, 1.54) is 4.90 Å². The Morgan fingerprint density at radius 2 is 1.95 bits per heavy atom. The van der Waals surface area contributed by atoms with Crippen LogP contribution in [-0.4, -0.2) is 74.1 Å². The first-order chi connectivity index (χ1) is 19.9. The average molecular weight is 566 g/mol. The number of hydrogen-bond acceptors (Lipinski definition) is 7. The molecular weight excluding hydrogens is 522 g/mol. The highest BCUT2D eigenvalue weighted by molar-refractivity contribution is 5.86. The van der Waals surface area contributed by atoms with E-state index in [1.807, 2.05) is 67.6 Å². The number of amides is 2. The summed E-state index contributed by atoms with van der Waals surface area (Å²) in [5.41, 5.74) is 3.17. The number of ether oxygens (including phenoxy) is 3. The maximum atomic E-state index is 13.7. The van der Waals surface area contributed by atoms with Crippen molar-refractivity contribution in [3.05, 3.63) is 77.4 Å². The summed E-state index contributed by atoms with van der Waals surface area (Å²) in [6.07, 6.45) is 5.27. The molecule has 5 atom stereocenters. The van der Waals surface area contributed by atoms with Crippen LogP contribution in [0.3, 0.4) is 0 Å². The minimum atomic E-state index is -0.892. The molecular formula is C32H43N3O6. The molecule has 0 radical (unpaired) electrons. The predicted octanol–water partition coefficient (Wildman–Crippen LogP) is 4.07. The van der Waals surface area contributed by atoms with E-state index in [1.54, 1.807) is 14.2 Å². The minimum absolute atomic E-state index is 0.0429. The Kier molecular flexibility index (Phi) is 11.2. The molecule has 2 amide bonds. The molecule has 1 heterocycles. The summed E-state index contributed by atoms with van der Waals surface area (Å²) in [5.74, 6) is 0.417. The Hall–Kier alpha value is -3.40. The van der Waals surface area contributed by atoms with Gasteiger partial charge in [-0.05, 0) is 54.5 Å². The molecule has 9 nitrogen and oxygen atoms in total. The number of unbranched alkanes of at least 4 members (excludes halogenated alkanes) is 1. The van der Waals surface area contributed by atoms with Crippen molar-refractivity contribution in [3.8, 4) is 5.75 Å². The first-order valence-electron chi connectivity index (χ1n) is 14.5. The van der Waals surface area contributed by atoms with Crippen molar-refractivity contribution in [2.24, 2.45) is 0 Å². The van der Waals surface area contributed by atoms with E-state index in [2.05, 4.69) is 10.6 Å². The van der Waals surface area contributed by atoms with Gasteiger partial charge in [0, 0.05) is 19.6 Å². The van der Waals surface area contributed by atoms with Gasteiger partial charge in [-0.15, -0.1) is 0 Å². The number of likely N-dealkylation sites (N-methyl/N-ethyl adjacent to an activating group) is 1. The van der Waals surface area contributed by atoms with Crippen molar-refractivity contribution in [1.29, 1.82) is 0 Å². The van der Waals surface area contributed by atoms with Crippen molar-refractivity contribution >= 4 is 12.0 Å². The minimum Gasteiger partial charge on any atom is -0.497 e. The van der Waals surface area contributed by atoms with Gasteiger partial charge in [0.05, 0.1) is 38.6 Å². The lowest BCUT2D eigenvalue weighted by Crippen LogP contribution is -2.55. The Labute approximate surface area is 242 Å². The molecule has 0 saturated carbocycles. The van der Waals surface area contributed by atoms with E-state index in [0.29, 0.717) is 26.1 Å². The molecule has 9 heteroatoms. The van der Waals surface area contributed by atoms with Crippen LogP contribution in [0.1, 0.15) is 61.4 Å². The number of β-amino-alcohol motifs (C(OH)–C–C–N with tert-alkyl or cyclic N) is 1. The smallest absolute Gasteiger partial charge is 0.410 e. The van der Waals surface area contributed by atoms with Crippen LogP contribution in [-0.2, 0) is 20.7 Å². The fourth-order valence-electron chi connectivity index (χ4n) is 5.37. The summed E-state index contributed by atoms with van der Waals surface area (Å²) in [4.78, 5) is 27.8. The molecule has 41 heavy (non-hydrogen) atoms. The molecule has 1 aliphatic carbocycles. The number of carbonyl (C=O) groups is 2. The molecule has 0 spiro atoms. The van der Waals surface area contributed by atoms with E-state index < -0.39 is 24.3 Å². The number of nitrogens with zero attached hydrogens (tertiary/aromatic N) is 1. The lowest BCUT2D eigenvalue weighted by molar-refractivity contribution is -0.127. The second-order valence-electron chi connectivity index (χ2n) is 10.7. The Balaban J connectivity index is 1.60. The van der Waals surface area contributed by atoms with Gasteiger partial charge in [-0.1, -0.05) is 61.9 Å². The number of nitrogens with one attached hydrogen (secondary N) is 2. The third kappa shape index (κ3) is 8.09. The number of aliphatic hydroxyl groups excluding tert-OH is 1. The van der Waals surface area contributed by atoms with Crippen LogP contribution in [0.5, 0.6) is 5.75 Å². The Morgan fingerprint density at radius 1 is 1.15 bits per heavy atom. The topological polar surface area (TPSA) is 109 Å². The lowest BCUT2D eigenvalue weighted by atomic mass is 9.99. The second-order valence-corrected chi connectivity index (χ2v) is 10.7. The number of benzene rings is 2. The summed E-state index contributed by atoms with van der Waals surface area (Å²) in [6, 6.07) is 14.3. The summed E-state index contributed by atoms with van der Waals surface area (Å²) in [5, 5.41) is 18.0. The highest BCUT2D eigenvalue weighted by atomic mass is 16.6. The van der Waals surface area contributed by atoms with Crippen molar-refractivity contribution in [2.75, 3.05) is 33.9 Å².